The third-order valence-corrected chi connectivity index (χ3v) is 3.17. The van der Waals surface area contributed by atoms with Crippen LogP contribution < -0.4 is 16.6 Å². The van der Waals surface area contributed by atoms with E-state index in [0.717, 1.165) is 13.0 Å². The van der Waals surface area contributed by atoms with Crippen molar-refractivity contribution in [3.05, 3.63) is 35.4 Å². The highest BCUT2D eigenvalue weighted by Gasteiger charge is 2.24. The summed E-state index contributed by atoms with van der Waals surface area (Å²) in [5.74, 6) is 6.55. The van der Waals surface area contributed by atoms with Crippen molar-refractivity contribution in [2.75, 3.05) is 26.8 Å². The molecule has 0 aromatic heterocycles. The van der Waals surface area contributed by atoms with Gasteiger partial charge in [0.2, 0.25) is 5.96 Å². The van der Waals surface area contributed by atoms with Gasteiger partial charge in [0.25, 0.3) is 0 Å². The minimum atomic E-state index is 0.522. The average Bonchev–Trinajstić information content (AvgIpc) is 2.38. The number of methoxy groups -OCH3 is 1. The van der Waals surface area contributed by atoms with E-state index in [0.29, 0.717) is 25.0 Å². The van der Waals surface area contributed by atoms with Crippen molar-refractivity contribution in [1.29, 1.82) is 0 Å². The highest BCUT2D eigenvalue weighted by Crippen LogP contribution is 2.34. The second kappa shape index (κ2) is 6.37. The summed E-state index contributed by atoms with van der Waals surface area (Å²) in [6.45, 7) is 2.09. The van der Waals surface area contributed by atoms with E-state index in [1.807, 2.05) is 0 Å². The number of nitrogens with zero attached hydrogens (tertiary/aromatic N) is 1. The summed E-state index contributed by atoms with van der Waals surface area (Å²) >= 11 is 0. The lowest BCUT2D eigenvalue weighted by Gasteiger charge is -2.28. The van der Waals surface area contributed by atoms with Crippen LogP contribution in [0.2, 0.25) is 0 Å². The fraction of sp³-hybridized carbons (Fsp3) is 0.462. The molecular weight excluding hydrogens is 228 g/mol. The molecule has 0 saturated carbocycles. The van der Waals surface area contributed by atoms with Crippen molar-refractivity contribution in [2.24, 2.45) is 10.8 Å². The lowest BCUT2D eigenvalue weighted by Crippen LogP contribution is -2.43. The van der Waals surface area contributed by atoms with Crippen LogP contribution in [-0.4, -0.2) is 32.8 Å². The Morgan fingerprint density at radius 1 is 1.50 bits per heavy atom. The Bertz CT molecular complexity index is 419. The van der Waals surface area contributed by atoms with Crippen molar-refractivity contribution in [2.45, 2.75) is 12.3 Å². The molecule has 0 heterocycles. The first-order valence-electron chi connectivity index (χ1n) is 6.17. The van der Waals surface area contributed by atoms with Gasteiger partial charge in [0.1, 0.15) is 0 Å². The zero-order chi connectivity index (χ0) is 12.8. The van der Waals surface area contributed by atoms with Gasteiger partial charge in [-0.05, 0) is 17.5 Å². The van der Waals surface area contributed by atoms with E-state index in [4.69, 9.17) is 10.6 Å². The van der Waals surface area contributed by atoms with Crippen molar-refractivity contribution < 1.29 is 4.74 Å². The molecule has 0 saturated heterocycles. The van der Waals surface area contributed by atoms with E-state index >= 15 is 0 Å². The molecule has 0 amide bonds. The zero-order valence-electron chi connectivity index (χ0n) is 10.6. The van der Waals surface area contributed by atoms with Crippen LogP contribution in [0.25, 0.3) is 0 Å². The van der Waals surface area contributed by atoms with Crippen molar-refractivity contribution in [1.82, 2.24) is 10.7 Å². The van der Waals surface area contributed by atoms with E-state index < -0.39 is 0 Å². The molecule has 1 aromatic rings. The summed E-state index contributed by atoms with van der Waals surface area (Å²) in [6, 6.07) is 8.51. The van der Waals surface area contributed by atoms with Crippen LogP contribution in [0.5, 0.6) is 0 Å². The Balaban J connectivity index is 1.83. The summed E-state index contributed by atoms with van der Waals surface area (Å²) < 4.78 is 4.96. The number of benzene rings is 1. The Hall–Kier alpha value is -1.59. The maximum absolute atomic E-state index is 5.41. The number of hydrogen-bond acceptors (Lipinski definition) is 3. The predicted molar refractivity (Wildman–Crippen MR) is 72.4 cm³/mol. The van der Waals surface area contributed by atoms with E-state index in [9.17, 15) is 0 Å². The van der Waals surface area contributed by atoms with E-state index in [2.05, 4.69) is 40.0 Å². The largest absolute Gasteiger partial charge is 0.383 e. The van der Waals surface area contributed by atoms with Crippen LogP contribution in [0.15, 0.2) is 29.3 Å². The fourth-order valence-electron chi connectivity index (χ4n) is 2.15. The molecule has 1 unspecified atom stereocenters. The van der Waals surface area contributed by atoms with E-state index in [1.165, 1.54) is 11.1 Å². The number of nitrogens with two attached hydrogens (primary N) is 1. The van der Waals surface area contributed by atoms with E-state index in [1.54, 1.807) is 7.11 Å². The topological polar surface area (TPSA) is 71.7 Å². The van der Waals surface area contributed by atoms with Gasteiger partial charge in [0.15, 0.2) is 0 Å². The fourth-order valence-corrected chi connectivity index (χ4v) is 2.15. The Labute approximate surface area is 107 Å². The number of ether oxygens (including phenoxy) is 1. The van der Waals surface area contributed by atoms with Crippen LogP contribution >= 0.6 is 0 Å². The first-order valence-corrected chi connectivity index (χ1v) is 6.17. The second-order valence-electron chi connectivity index (χ2n) is 4.35. The Morgan fingerprint density at radius 2 is 2.33 bits per heavy atom. The number of fused-ring (bicyclic) bond motifs is 1. The number of nitrogens with one attached hydrogen (secondary N) is 2. The summed E-state index contributed by atoms with van der Waals surface area (Å²) in [5.41, 5.74) is 5.42. The Morgan fingerprint density at radius 3 is 3.06 bits per heavy atom. The lowest BCUT2D eigenvalue weighted by atomic mass is 9.78. The van der Waals surface area contributed by atoms with E-state index in [-0.39, 0.29) is 0 Å². The molecular formula is C13H20N4O. The molecule has 0 aliphatic heterocycles. The number of aliphatic imine (C=N–C) groups is 1. The van der Waals surface area contributed by atoms with Crippen LogP contribution in [0.3, 0.4) is 0 Å². The van der Waals surface area contributed by atoms with Crippen molar-refractivity contribution in [3.8, 4) is 0 Å². The van der Waals surface area contributed by atoms with Gasteiger partial charge >= 0.3 is 0 Å². The van der Waals surface area contributed by atoms with Crippen LogP contribution in [0.4, 0.5) is 0 Å². The van der Waals surface area contributed by atoms with Gasteiger partial charge in [0.05, 0.1) is 6.61 Å². The van der Waals surface area contributed by atoms with Gasteiger partial charge in [0, 0.05) is 26.1 Å². The summed E-state index contributed by atoms with van der Waals surface area (Å²) in [5, 5.41) is 3.09. The monoisotopic (exact) mass is 248 g/mol. The van der Waals surface area contributed by atoms with Gasteiger partial charge < -0.3 is 10.1 Å². The smallest absolute Gasteiger partial charge is 0.205 e. The zero-order valence-corrected chi connectivity index (χ0v) is 10.6. The van der Waals surface area contributed by atoms with Crippen LogP contribution in [0.1, 0.15) is 17.0 Å². The standard InChI is InChI=1S/C13H20N4O/c1-18-7-6-15-13(17-14)16-9-11-8-10-4-2-3-5-12(10)11/h2-5,11H,6-9,14H2,1H3,(H2,15,16,17). The van der Waals surface area contributed by atoms with Crippen molar-refractivity contribution >= 4 is 5.96 Å². The quantitative estimate of drug-likeness (QED) is 0.232. The van der Waals surface area contributed by atoms with Crippen LogP contribution in [0, 0.1) is 0 Å². The predicted octanol–water partition coefficient (Wildman–Crippen LogP) is 0.382. The second-order valence-corrected chi connectivity index (χ2v) is 4.35. The molecule has 1 aliphatic carbocycles. The van der Waals surface area contributed by atoms with Gasteiger partial charge in [-0.15, -0.1) is 0 Å². The van der Waals surface area contributed by atoms with Gasteiger partial charge in [-0.3, -0.25) is 10.4 Å². The molecule has 2 rings (SSSR count). The third kappa shape index (κ3) is 3.00. The normalized spacial score (nSPS) is 17.9. The molecule has 0 spiro atoms. The van der Waals surface area contributed by atoms with Gasteiger partial charge in [-0.25, -0.2) is 5.84 Å². The molecule has 5 nitrogen and oxygen atoms in total. The highest BCUT2D eigenvalue weighted by atomic mass is 16.5. The first-order chi connectivity index (χ1) is 8.85. The maximum Gasteiger partial charge on any atom is 0.205 e. The van der Waals surface area contributed by atoms with Crippen LogP contribution in [-0.2, 0) is 11.2 Å². The van der Waals surface area contributed by atoms with Gasteiger partial charge in [-0.1, -0.05) is 24.3 Å². The third-order valence-electron chi connectivity index (χ3n) is 3.17. The summed E-state index contributed by atoms with van der Waals surface area (Å²) in [4.78, 5) is 4.45. The molecule has 1 atom stereocenters. The minimum Gasteiger partial charge on any atom is -0.383 e. The maximum atomic E-state index is 5.41. The molecule has 4 N–H and O–H groups in total. The minimum absolute atomic E-state index is 0.522. The summed E-state index contributed by atoms with van der Waals surface area (Å²) in [6.07, 6.45) is 1.11. The molecule has 18 heavy (non-hydrogen) atoms. The molecule has 0 radical (unpaired) electrons. The summed E-state index contributed by atoms with van der Waals surface area (Å²) in [7, 11) is 1.67. The molecule has 5 heteroatoms. The number of hydrazine groups is 1. The number of guanidine groups is 1. The molecule has 1 aliphatic rings. The number of hydrogen-bond donors (Lipinski definition) is 3. The molecule has 0 bridgehead atoms. The first kappa shape index (κ1) is 12.9. The number of rotatable bonds is 5. The molecule has 1 aromatic carbocycles. The highest BCUT2D eigenvalue weighted by molar-refractivity contribution is 5.79. The SMILES string of the molecule is COCCNC(=NCC1Cc2ccccc21)NN. The van der Waals surface area contributed by atoms with Crippen molar-refractivity contribution in [3.63, 3.8) is 0 Å². The average molecular weight is 248 g/mol. The Kier molecular flexibility index (Phi) is 4.55. The molecule has 98 valence electrons. The lowest BCUT2D eigenvalue weighted by molar-refractivity contribution is 0.203. The van der Waals surface area contributed by atoms with Gasteiger partial charge in [-0.2, -0.15) is 0 Å². The molecule has 0 fully saturated rings.